The third-order valence-corrected chi connectivity index (χ3v) is 2.93. The second-order valence-corrected chi connectivity index (χ2v) is 4.16. The molecule has 0 fully saturated rings. The Morgan fingerprint density at radius 2 is 1.56 bits per heavy atom. The number of hydrogen-bond donors (Lipinski definition) is 1. The molecule has 88 valence electrons. The molecule has 0 radical (unpaired) electrons. The van der Waals surface area contributed by atoms with Gasteiger partial charge >= 0.3 is 0 Å². The third-order valence-electron chi connectivity index (χ3n) is 2.93. The van der Waals surface area contributed by atoms with E-state index in [4.69, 9.17) is 0 Å². The average molecular weight is 236 g/mol. The third kappa shape index (κ3) is 1.91. The molecule has 0 atom stereocenters. The van der Waals surface area contributed by atoms with Crippen molar-refractivity contribution in [1.82, 2.24) is 0 Å². The first-order valence-corrected chi connectivity index (χ1v) is 5.82. The molecule has 0 saturated carbocycles. The zero-order chi connectivity index (χ0) is 12.4. The number of fused-ring (bicyclic) bond motifs is 1. The first-order chi connectivity index (χ1) is 8.84. The van der Waals surface area contributed by atoms with Crippen LogP contribution < -0.4 is 0 Å². The number of rotatable bonds is 1. The Labute approximate surface area is 105 Å². The molecule has 3 nitrogen and oxygen atoms in total. The first kappa shape index (κ1) is 10.7. The lowest BCUT2D eigenvalue weighted by atomic mass is 9.96. The fourth-order valence-electron chi connectivity index (χ4n) is 2.08. The highest BCUT2D eigenvalue weighted by molar-refractivity contribution is 6.14. The highest BCUT2D eigenvalue weighted by atomic mass is 16.3. The molecular formula is C15H12N2O. The van der Waals surface area contributed by atoms with Crippen LogP contribution in [-0.4, -0.2) is 16.7 Å². The van der Waals surface area contributed by atoms with E-state index in [0.29, 0.717) is 6.42 Å². The second-order valence-electron chi connectivity index (χ2n) is 4.16. The van der Waals surface area contributed by atoms with Crippen LogP contribution in [0, 0.1) is 0 Å². The summed E-state index contributed by atoms with van der Waals surface area (Å²) < 4.78 is 0. The molecule has 1 heterocycles. The number of aliphatic hydroxyl groups is 1. The first-order valence-electron chi connectivity index (χ1n) is 5.82. The smallest absolute Gasteiger partial charge is 0.210 e. The molecule has 2 aromatic carbocycles. The largest absolute Gasteiger partial charge is 0.495 e. The monoisotopic (exact) mass is 236 g/mol. The van der Waals surface area contributed by atoms with Gasteiger partial charge in [0.05, 0.1) is 6.42 Å². The van der Waals surface area contributed by atoms with Gasteiger partial charge in [-0.1, -0.05) is 54.6 Å². The van der Waals surface area contributed by atoms with Crippen LogP contribution in [0.2, 0.25) is 0 Å². The SMILES string of the molecule is OC1=NN=C(c2ccccc2)c2ccccc2C1. The van der Waals surface area contributed by atoms with Crippen molar-refractivity contribution in [2.24, 2.45) is 10.2 Å². The molecule has 3 rings (SSSR count). The Bertz CT molecular complexity index is 630. The molecule has 1 N–H and O–H groups in total. The van der Waals surface area contributed by atoms with E-state index in [1.807, 2.05) is 54.6 Å². The summed E-state index contributed by atoms with van der Waals surface area (Å²) in [6.45, 7) is 0. The zero-order valence-corrected chi connectivity index (χ0v) is 9.74. The molecule has 0 aliphatic carbocycles. The highest BCUT2D eigenvalue weighted by Crippen LogP contribution is 2.19. The Hall–Kier alpha value is -2.42. The van der Waals surface area contributed by atoms with Crippen molar-refractivity contribution in [2.75, 3.05) is 0 Å². The average Bonchev–Trinajstić information content (AvgIpc) is 2.58. The summed E-state index contributed by atoms with van der Waals surface area (Å²) in [4.78, 5) is 0. The van der Waals surface area contributed by atoms with Crippen LogP contribution in [0.3, 0.4) is 0 Å². The summed E-state index contributed by atoms with van der Waals surface area (Å²) in [6.07, 6.45) is 0.427. The molecule has 0 aromatic heterocycles. The van der Waals surface area contributed by atoms with E-state index in [9.17, 15) is 5.11 Å². The number of benzene rings is 2. The van der Waals surface area contributed by atoms with E-state index in [2.05, 4.69) is 10.2 Å². The maximum atomic E-state index is 9.64. The predicted molar refractivity (Wildman–Crippen MR) is 72.3 cm³/mol. The van der Waals surface area contributed by atoms with E-state index in [-0.39, 0.29) is 5.90 Å². The van der Waals surface area contributed by atoms with E-state index in [1.165, 1.54) is 0 Å². The minimum absolute atomic E-state index is 0.0494. The standard InChI is InChI=1S/C15H12N2O/c18-14-10-12-8-4-5-9-13(12)15(17-16-14)11-6-2-1-3-7-11/h1-9H,10H2,(H,16,18). The quantitative estimate of drug-likeness (QED) is 0.812. The van der Waals surface area contributed by atoms with Crippen LogP contribution in [0.4, 0.5) is 0 Å². The molecule has 1 aliphatic rings. The summed E-state index contributed by atoms with van der Waals surface area (Å²) in [5.74, 6) is 0.0494. The molecule has 2 aromatic rings. The lowest BCUT2D eigenvalue weighted by molar-refractivity contribution is 0.535. The van der Waals surface area contributed by atoms with Crippen molar-refractivity contribution in [2.45, 2.75) is 6.42 Å². The van der Waals surface area contributed by atoms with Gasteiger partial charge in [-0.3, -0.25) is 0 Å². The van der Waals surface area contributed by atoms with Gasteiger partial charge in [0, 0.05) is 11.1 Å². The van der Waals surface area contributed by atoms with E-state index < -0.39 is 0 Å². The summed E-state index contributed by atoms with van der Waals surface area (Å²) in [5.41, 5.74) is 3.87. The molecule has 0 spiro atoms. The molecular weight excluding hydrogens is 224 g/mol. The number of nitrogens with zero attached hydrogens (tertiary/aromatic N) is 2. The summed E-state index contributed by atoms with van der Waals surface area (Å²) in [5, 5.41) is 17.7. The number of aliphatic hydroxyl groups excluding tert-OH is 1. The highest BCUT2D eigenvalue weighted by Gasteiger charge is 2.15. The minimum Gasteiger partial charge on any atom is -0.495 e. The van der Waals surface area contributed by atoms with E-state index in [0.717, 1.165) is 22.4 Å². The van der Waals surface area contributed by atoms with Gasteiger partial charge in [0.2, 0.25) is 5.90 Å². The minimum atomic E-state index is 0.0494. The van der Waals surface area contributed by atoms with Crippen molar-refractivity contribution in [3.63, 3.8) is 0 Å². The van der Waals surface area contributed by atoms with Gasteiger partial charge in [0.25, 0.3) is 0 Å². The van der Waals surface area contributed by atoms with Gasteiger partial charge in [-0.05, 0) is 5.56 Å². The predicted octanol–water partition coefficient (Wildman–Crippen LogP) is 2.95. The van der Waals surface area contributed by atoms with Crippen molar-refractivity contribution in [3.8, 4) is 0 Å². The summed E-state index contributed by atoms with van der Waals surface area (Å²) >= 11 is 0. The molecule has 0 bridgehead atoms. The molecule has 18 heavy (non-hydrogen) atoms. The molecule has 0 unspecified atom stereocenters. The van der Waals surface area contributed by atoms with Gasteiger partial charge < -0.3 is 5.11 Å². The molecule has 0 saturated heterocycles. The fraction of sp³-hybridized carbons (Fsp3) is 0.0667. The van der Waals surface area contributed by atoms with Crippen LogP contribution in [0.15, 0.2) is 64.8 Å². The lowest BCUT2D eigenvalue weighted by Gasteiger charge is -2.08. The maximum Gasteiger partial charge on any atom is 0.210 e. The zero-order valence-electron chi connectivity index (χ0n) is 9.74. The van der Waals surface area contributed by atoms with Gasteiger partial charge in [-0.25, -0.2) is 0 Å². The van der Waals surface area contributed by atoms with Crippen LogP contribution >= 0.6 is 0 Å². The molecule has 1 aliphatic heterocycles. The Balaban J connectivity index is 2.20. The van der Waals surface area contributed by atoms with Crippen molar-refractivity contribution in [3.05, 3.63) is 71.3 Å². The van der Waals surface area contributed by atoms with Crippen molar-refractivity contribution in [1.29, 1.82) is 0 Å². The Kier molecular flexibility index (Phi) is 2.65. The van der Waals surface area contributed by atoms with Crippen molar-refractivity contribution < 1.29 is 5.11 Å². The van der Waals surface area contributed by atoms with Crippen LogP contribution in [0.5, 0.6) is 0 Å². The van der Waals surface area contributed by atoms with Crippen LogP contribution in [-0.2, 0) is 6.42 Å². The topological polar surface area (TPSA) is 45.0 Å². The van der Waals surface area contributed by atoms with Crippen molar-refractivity contribution >= 4 is 11.6 Å². The Morgan fingerprint density at radius 1 is 0.833 bits per heavy atom. The second kappa shape index (κ2) is 4.45. The van der Waals surface area contributed by atoms with Gasteiger partial charge in [0.15, 0.2) is 0 Å². The summed E-state index contributed by atoms with van der Waals surface area (Å²) in [7, 11) is 0. The van der Waals surface area contributed by atoms with Crippen LogP contribution in [0.25, 0.3) is 0 Å². The summed E-state index contributed by atoms with van der Waals surface area (Å²) in [6, 6.07) is 17.8. The van der Waals surface area contributed by atoms with Gasteiger partial charge in [-0.15, -0.1) is 10.2 Å². The fourth-order valence-corrected chi connectivity index (χ4v) is 2.08. The Morgan fingerprint density at radius 3 is 2.39 bits per heavy atom. The lowest BCUT2D eigenvalue weighted by Crippen LogP contribution is -2.06. The van der Waals surface area contributed by atoms with Crippen LogP contribution in [0.1, 0.15) is 16.7 Å². The maximum absolute atomic E-state index is 9.64. The number of hydrogen-bond acceptors (Lipinski definition) is 2. The van der Waals surface area contributed by atoms with Gasteiger partial charge in [0.1, 0.15) is 5.71 Å². The molecule has 3 heteroatoms. The molecule has 0 amide bonds. The van der Waals surface area contributed by atoms with Gasteiger partial charge in [-0.2, -0.15) is 0 Å². The van der Waals surface area contributed by atoms with E-state index in [1.54, 1.807) is 0 Å². The van der Waals surface area contributed by atoms with E-state index >= 15 is 0 Å². The normalized spacial score (nSPS) is 14.2.